The predicted octanol–water partition coefficient (Wildman–Crippen LogP) is 22.3. The molecule has 0 fully saturated rings. The fourth-order valence-electron chi connectivity index (χ4n) is 11.5. The number of hydrogen-bond acceptors (Lipinski definition) is 0. The third-order valence-electron chi connectivity index (χ3n) is 16.2. The normalized spacial score (nSPS) is 12.4. The Balaban J connectivity index is 0.000000281. The zero-order valence-electron chi connectivity index (χ0n) is 53.0. The van der Waals surface area contributed by atoms with E-state index in [1.54, 1.807) is 3.58 Å². The van der Waals surface area contributed by atoms with Crippen molar-refractivity contribution < 1.29 is 0 Å². The number of hydrogen-bond donors (Lipinski definition) is 0. The van der Waals surface area contributed by atoms with Crippen LogP contribution in [-0.2, 0) is 0 Å². The summed E-state index contributed by atoms with van der Waals surface area (Å²) >= 11 is -0.410. The Bertz CT molecular complexity index is 2620. The summed E-state index contributed by atoms with van der Waals surface area (Å²) in [6.07, 6.45) is 0. The number of benzene rings is 6. The van der Waals surface area contributed by atoms with Gasteiger partial charge in [-0.05, 0) is 0 Å². The van der Waals surface area contributed by atoms with Crippen LogP contribution in [0.5, 0.6) is 0 Å². The van der Waals surface area contributed by atoms with Crippen molar-refractivity contribution >= 4 is 49.4 Å². The summed E-state index contributed by atoms with van der Waals surface area (Å²) in [7, 11) is 0. The van der Waals surface area contributed by atoms with Gasteiger partial charge in [0.15, 0.2) is 0 Å². The van der Waals surface area contributed by atoms with E-state index in [9.17, 15) is 0 Å². The molecule has 0 aliphatic heterocycles. The molecule has 0 bridgehead atoms. The van der Waals surface area contributed by atoms with Gasteiger partial charge in [0.1, 0.15) is 0 Å². The molecule has 408 valence electrons. The van der Waals surface area contributed by atoms with Gasteiger partial charge >= 0.3 is 493 Å². The summed E-state index contributed by atoms with van der Waals surface area (Å²) < 4.78 is 3.19. The van der Waals surface area contributed by atoms with Gasteiger partial charge in [-0.3, -0.25) is 0 Å². The summed E-state index contributed by atoms with van der Waals surface area (Å²) in [5.74, 6) is 5.98. The molecule has 0 aliphatic rings. The van der Waals surface area contributed by atoms with Gasteiger partial charge in [-0.15, -0.1) is 0 Å². The molecule has 0 aromatic heterocycles. The van der Waals surface area contributed by atoms with E-state index in [1.807, 2.05) is 0 Å². The Morgan fingerprint density at radius 3 is 0.592 bits per heavy atom. The molecular weight excluding hydrogens is 1130 g/mol. The van der Waals surface area contributed by atoms with Crippen molar-refractivity contribution in [3.8, 4) is 44.5 Å². The molecule has 6 rings (SSSR count). The van der Waals surface area contributed by atoms with Crippen molar-refractivity contribution in [1.29, 1.82) is 0 Å². The van der Waals surface area contributed by atoms with Crippen LogP contribution in [0.1, 0.15) is 304 Å². The zero-order valence-corrected chi connectivity index (χ0v) is 58.7. The van der Waals surface area contributed by atoms with Crippen LogP contribution >= 0.6 is 0 Å². The first-order valence-corrected chi connectivity index (χ1v) is 38.5. The molecule has 0 saturated carbocycles. The first-order valence-electron chi connectivity index (χ1n) is 29.9. The minimum absolute atomic E-state index is 0.479. The van der Waals surface area contributed by atoms with Gasteiger partial charge in [-0.1, -0.05) is 0 Å². The standard InChI is InChI=1S/2C36H49.2CH3.2Sn/c2*1-21(2)29-17-31(23(5)6)35(32(18-29)24(7)8)27-14-13-15-28(16-27)36-33(25(9)10)19-30(22(3)4)20-34(36)26(11)12;;;;/h2*13-15,17-26H,1-12H3;2*1H3;;. The van der Waals surface area contributed by atoms with Crippen LogP contribution in [0.4, 0.5) is 0 Å². The van der Waals surface area contributed by atoms with Crippen LogP contribution in [0, 0.1) is 0 Å². The average molecular weight is 1230 g/mol. The number of rotatable bonds is 17. The summed E-state index contributed by atoms with van der Waals surface area (Å²) in [5.41, 5.74) is 29.9. The van der Waals surface area contributed by atoms with Crippen molar-refractivity contribution in [2.45, 2.75) is 247 Å². The molecule has 0 aliphatic carbocycles. The van der Waals surface area contributed by atoms with E-state index in [2.05, 4.69) is 261 Å². The Kier molecular flexibility index (Phi) is 22.6. The fraction of sp³-hybridized carbons (Fsp3) is 0.514. The molecule has 2 heteroatoms. The first-order chi connectivity index (χ1) is 35.4. The molecule has 76 heavy (non-hydrogen) atoms. The van der Waals surface area contributed by atoms with Gasteiger partial charge in [0.05, 0.1) is 0 Å². The molecule has 4 radical (unpaired) electrons. The fourth-order valence-corrected chi connectivity index (χ4v) is 17.0. The van der Waals surface area contributed by atoms with Crippen molar-refractivity contribution in [3.63, 3.8) is 0 Å². The Morgan fingerprint density at radius 1 is 0.263 bits per heavy atom. The zero-order chi connectivity index (χ0) is 57.1. The average Bonchev–Trinajstić information content (AvgIpc) is 3.34. The van der Waals surface area contributed by atoms with Crippen LogP contribution in [-0.4, -0.2) is 42.3 Å². The van der Waals surface area contributed by atoms with Gasteiger partial charge in [-0.25, -0.2) is 0 Å². The molecule has 0 N–H and O–H groups in total. The molecule has 6 aromatic carbocycles. The first kappa shape index (κ1) is 63.7. The van der Waals surface area contributed by atoms with Crippen LogP contribution in [0.15, 0.2) is 84.9 Å². The molecular formula is C74H104Sn2. The topological polar surface area (TPSA) is 0 Å². The minimum atomic E-state index is -1.90. The van der Waals surface area contributed by atoms with Crippen LogP contribution in [0.2, 0.25) is 9.88 Å². The molecule has 0 saturated heterocycles. The van der Waals surface area contributed by atoms with Gasteiger partial charge in [0, 0.05) is 0 Å². The van der Waals surface area contributed by atoms with E-state index in [0.717, 1.165) is 0 Å². The quantitative estimate of drug-likeness (QED) is 0.0799. The van der Waals surface area contributed by atoms with E-state index < -0.39 is 19.8 Å². The molecule has 6 aromatic rings. The van der Waals surface area contributed by atoms with Crippen molar-refractivity contribution in [3.05, 3.63) is 152 Å². The molecule has 0 amide bonds. The van der Waals surface area contributed by atoms with E-state index in [1.165, 1.54) is 137 Å². The molecule has 0 nitrogen and oxygen atoms in total. The monoisotopic (exact) mass is 1230 g/mol. The Hall–Kier alpha value is -3.08. The van der Waals surface area contributed by atoms with Crippen molar-refractivity contribution in [2.75, 3.05) is 0 Å². The van der Waals surface area contributed by atoms with Gasteiger partial charge in [0.25, 0.3) is 0 Å². The predicted molar refractivity (Wildman–Crippen MR) is 346 cm³/mol. The van der Waals surface area contributed by atoms with Crippen LogP contribution in [0.3, 0.4) is 0 Å². The third kappa shape index (κ3) is 14.1. The summed E-state index contributed by atoms with van der Waals surface area (Å²) in [6, 6.07) is 34.5. The van der Waals surface area contributed by atoms with E-state index >= 15 is 0 Å². The molecule has 0 heterocycles. The summed E-state index contributed by atoms with van der Waals surface area (Å²) in [4.78, 5) is 5.17. The van der Waals surface area contributed by atoms with Crippen molar-refractivity contribution in [1.82, 2.24) is 0 Å². The maximum absolute atomic E-state index is 2.59. The van der Waals surface area contributed by atoms with Gasteiger partial charge in [-0.2, -0.15) is 0 Å². The van der Waals surface area contributed by atoms with Crippen LogP contribution < -0.4 is 7.16 Å². The molecule has 0 unspecified atom stereocenters. The second kappa shape index (κ2) is 26.9. The van der Waals surface area contributed by atoms with E-state index in [0.29, 0.717) is 71.0 Å². The Labute approximate surface area is 488 Å². The SMILES string of the molecule is CC(C)c1cc(C(C)C)c(-c2cccc(-c3c(C(C)C)cc(C(C)C)cc3C(C)C)[c]2[Sn]([CH3])[CH3])c(C(C)C)c1.CC(C)c1cc(C(C)C)c(-c2cccc(-c3c(C(C)C)cc(C(C)C)cc3C(C)C)[c]2[Sn])c(C(C)C)c1. The van der Waals surface area contributed by atoms with Crippen molar-refractivity contribution in [2.24, 2.45) is 0 Å². The maximum atomic E-state index is 2.59. The third-order valence-corrected chi connectivity index (χ3v) is 22.2. The second-order valence-electron chi connectivity index (χ2n) is 26.6. The van der Waals surface area contributed by atoms with Crippen LogP contribution in [0.25, 0.3) is 44.5 Å². The van der Waals surface area contributed by atoms with E-state index in [-0.39, 0.29) is 0 Å². The second-order valence-corrected chi connectivity index (χ2v) is 35.2. The van der Waals surface area contributed by atoms with Gasteiger partial charge < -0.3 is 0 Å². The summed E-state index contributed by atoms with van der Waals surface area (Å²) in [5, 5.41) is 0. The summed E-state index contributed by atoms with van der Waals surface area (Å²) in [6.45, 7) is 56.5. The Morgan fingerprint density at radius 2 is 0.434 bits per heavy atom. The molecule has 0 spiro atoms. The molecule has 0 atom stereocenters. The van der Waals surface area contributed by atoms with E-state index in [4.69, 9.17) is 0 Å². The van der Waals surface area contributed by atoms with Gasteiger partial charge in [0.2, 0.25) is 0 Å².